The van der Waals surface area contributed by atoms with E-state index in [0.717, 1.165) is 5.56 Å². The summed E-state index contributed by atoms with van der Waals surface area (Å²) in [5, 5.41) is 13.5. The number of rotatable bonds is 6. The summed E-state index contributed by atoms with van der Waals surface area (Å²) in [6, 6.07) is 13.9. The van der Waals surface area contributed by atoms with Crippen LogP contribution < -0.4 is 5.32 Å². The lowest BCUT2D eigenvalue weighted by molar-refractivity contribution is -0.115. The second-order valence-corrected chi connectivity index (χ2v) is 6.55. The zero-order chi connectivity index (χ0) is 19.9. The van der Waals surface area contributed by atoms with Crippen LogP contribution in [0.3, 0.4) is 0 Å². The smallest absolute Gasteiger partial charge is 0.338 e. The molecule has 3 aromatic rings. The van der Waals surface area contributed by atoms with Crippen LogP contribution in [0.25, 0.3) is 10.6 Å². The molecule has 6 nitrogen and oxygen atoms in total. The zero-order valence-electron chi connectivity index (χ0n) is 14.5. The van der Waals surface area contributed by atoms with E-state index in [9.17, 15) is 14.0 Å². The summed E-state index contributed by atoms with van der Waals surface area (Å²) in [5.41, 5.74) is 2.20. The number of nitriles is 1. The summed E-state index contributed by atoms with van der Waals surface area (Å²) < 4.78 is 18.2. The average molecular weight is 395 g/mol. The first-order valence-corrected chi connectivity index (χ1v) is 9.07. The topological polar surface area (TPSA) is 92.1 Å². The van der Waals surface area contributed by atoms with E-state index in [2.05, 4.69) is 10.3 Å². The number of ether oxygens (including phenoxy) is 1. The molecule has 0 aliphatic rings. The number of nitrogens with one attached hydrogen (secondary N) is 1. The number of esters is 1. The minimum Gasteiger partial charge on any atom is -0.456 e. The fraction of sp³-hybridized carbons (Fsp3) is 0.100. The molecule has 2 aromatic carbocycles. The zero-order valence-corrected chi connectivity index (χ0v) is 15.3. The minimum absolute atomic E-state index is 0.0111. The number of carbonyl (C=O) groups is 2. The molecule has 0 saturated carbocycles. The van der Waals surface area contributed by atoms with Crippen LogP contribution in [0.4, 0.5) is 10.1 Å². The summed E-state index contributed by atoms with van der Waals surface area (Å²) in [7, 11) is 0. The number of hydrogen-bond donors (Lipinski definition) is 1. The van der Waals surface area contributed by atoms with Crippen LogP contribution in [0.1, 0.15) is 22.5 Å². The van der Waals surface area contributed by atoms with E-state index in [1.54, 1.807) is 35.7 Å². The fourth-order valence-electron chi connectivity index (χ4n) is 2.29. The van der Waals surface area contributed by atoms with E-state index in [4.69, 9.17) is 10.00 Å². The van der Waals surface area contributed by atoms with Gasteiger partial charge in [-0.05, 0) is 48.5 Å². The molecule has 140 valence electrons. The molecule has 1 heterocycles. The Labute approximate surface area is 164 Å². The molecule has 0 spiro atoms. The van der Waals surface area contributed by atoms with Gasteiger partial charge in [-0.3, -0.25) is 4.79 Å². The van der Waals surface area contributed by atoms with Gasteiger partial charge in [-0.1, -0.05) is 0 Å². The van der Waals surface area contributed by atoms with E-state index in [1.807, 2.05) is 0 Å². The van der Waals surface area contributed by atoms with Gasteiger partial charge in [-0.15, -0.1) is 11.3 Å². The summed E-state index contributed by atoms with van der Waals surface area (Å²) in [4.78, 5) is 27.9. The van der Waals surface area contributed by atoms with Gasteiger partial charge in [0.05, 0.1) is 17.3 Å². The Morgan fingerprint density at radius 3 is 2.54 bits per heavy atom. The lowest BCUT2D eigenvalue weighted by Gasteiger charge is -2.05. The number of nitrogens with zero attached hydrogens (tertiary/aromatic N) is 2. The molecule has 1 aromatic heterocycles. The van der Waals surface area contributed by atoms with Gasteiger partial charge in [0.1, 0.15) is 23.9 Å². The van der Waals surface area contributed by atoms with E-state index in [0.29, 0.717) is 22.0 Å². The van der Waals surface area contributed by atoms with Crippen LogP contribution in [-0.2, 0) is 16.1 Å². The van der Waals surface area contributed by atoms with Crippen molar-refractivity contribution in [3.63, 3.8) is 0 Å². The SMILES string of the molecule is N#CCC(=O)Nc1ccc(C(=O)OCc2csc(-c3ccc(F)cc3)n2)cc1. The Bertz CT molecular complexity index is 1020. The molecule has 1 amide bonds. The van der Waals surface area contributed by atoms with Crippen molar-refractivity contribution in [3.8, 4) is 16.6 Å². The average Bonchev–Trinajstić information content (AvgIpc) is 3.16. The van der Waals surface area contributed by atoms with Crippen molar-refractivity contribution in [2.45, 2.75) is 13.0 Å². The van der Waals surface area contributed by atoms with Crippen molar-refractivity contribution < 1.29 is 18.7 Å². The highest BCUT2D eigenvalue weighted by Crippen LogP contribution is 2.24. The molecule has 0 atom stereocenters. The first-order chi connectivity index (χ1) is 13.5. The summed E-state index contributed by atoms with van der Waals surface area (Å²) in [5.74, 6) is -1.25. The Kier molecular flexibility index (Phi) is 6.09. The van der Waals surface area contributed by atoms with Gasteiger partial charge in [0.15, 0.2) is 0 Å². The van der Waals surface area contributed by atoms with Crippen LogP contribution in [0.2, 0.25) is 0 Å². The molecule has 0 saturated heterocycles. The molecule has 0 fully saturated rings. The normalized spacial score (nSPS) is 10.1. The molecule has 28 heavy (non-hydrogen) atoms. The molecule has 3 rings (SSSR count). The highest BCUT2D eigenvalue weighted by atomic mass is 32.1. The van der Waals surface area contributed by atoms with E-state index >= 15 is 0 Å². The van der Waals surface area contributed by atoms with Crippen LogP contribution >= 0.6 is 11.3 Å². The van der Waals surface area contributed by atoms with Crippen molar-refractivity contribution in [1.29, 1.82) is 5.26 Å². The lowest BCUT2D eigenvalue weighted by atomic mass is 10.2. The van der Waals surface area contributed by atoms with Gasteiger partial charge in [0.2, 0.25) is 5.91 Å². The number of halogens is 1. The van der Waals surface area contributed by atoms with E-state index in [-0.39, 0.29) is 18.8 Å². The lowest BCUT2D eigenvalue weighted by Crippen LogP contribution is -2.10. The summed E-state index contributed by atoms with van der Waals surface area (Å²) in [6.07, 6.45) is -0.239. The van der Waals surface area contributed by atoms with Crippen molar-refractivity contribution in [1.82, 2.24) is 4.98 Å². The Balaban J connectivity index is 1.56. The molecular formula is C20H14FN3O3S. The second kappa shape index (κ2) is 8.88. The molecule has 0 bridgehead atoms. The monoisotopic (exact) mass is 395 g/mol. The van der Waals surface area contributed by atoms with Crippen molar-refractivity contribution >= 4 is 28.9 Å². The van der Waals surface area contributed by atoms with Crippen LogP contribution in [-0.4, -0.2) is 16.9 Å². The van der Waals surface area contributed by atoms with Gasteiger partial charge in [-0.2, -0.15) is 5.26 Å². The number of thiazole rings is 1. The molecule has 8 heteroatoms. The van der Waals surface area contributed by atoms with Gasteiger partial charge < -0.3 is 10.1 Å². The number of amides is 1. The van der Waals surface area contributed by atoms with Crippen LogP contribution in [0, 0.1) is 17.1 Å². The summed E-state index contributed by atoms with van der Waals surface area (Å²) in [6.45, 7) is 0.0111. The van der Waals surface area contributed by atoms with E-state index < -0.39 is 11.9 Å². The molecule has 0 aliphatic heterocycles. The van der Waals surface area contributed by atoms with Crippen molar-refractivity contribution in [3.05, 3.63) is 71.0 Å². The predicted octanol–water partition coefficient (Wildman–Crippen LogP) is 4.16. The van der Waals surface area contributed by atoms with E-state index in [1.165, 1.54) is 35.6 Å². The Hall–Kier alpha value is -3.57. The molecule has 0 aliphatic carbocycles. The van der Waals surface area contributed by atoms with Gasteiger partial charge >= 0.3 is 5.97 Å². The molecule has 0 unspecified atom stereocenters. The van der Waals surface area contributed by atoms with Crippen LogP contribution in [0.15, 0.2) is 53.9 Å². The maximum absolute atomic E-state index is 13.0. The largest absolute Gasteiger partial charge is 0.456 e. The molecule has 1 N–H and O–H groups in total. The highest BCUT2D eigenvalue weighted by Gasteiger charge is 2.11. The maximum atomic E-state index is 13.0. The Morgan fingerprint density at radius 1 is 1.14 bits per heavy atom. The minimum atomic E-state index is -0.522. The number of aromatic nitrogens is 1. The predicted molar refractivity (Wildman–Crippen MR) is 102 cm³/mol. The first-order valence-electron chi connectivity index (χ1n) is 8.19. The van der Waals surface area contributed by atoms with Gasteiger partial charge in [-0.25, -0.2) is 14.2 Å². The molecule has 0 radical (unpaired) electrons. The number of benzene rings is 2. The highest BCUT2D eigenvalue weighted by molar-refractivity contribution is 7.13. The van der Waals surface area contributed by atoms with Gasteiger partial charge in [0.25, 0.3) is 0 Å². The quantitative estimate of drug-likeness (QED) is 0.633. The Morgan fingerprint density at radius 2 is 1.86 bits per heavy atom. The standard InChI is InChI=1S/C20H14FN3O3S/c21-15-5-1-13(2-6-15)19-24-17(12-28-19)11-27-20(26)14-3-7-16(8-4-14)23-18(25)9-10-22/h1-8,12H,9,11H2,(H,23,25). The van der Waals surface area contributed by atoms with Crippen LogP contribution in [0.5, 0.6) is 0 Å². The van der Waals surface area contributed by atoms with Crippen molar-refractivity contribution in [2.75, 3.05) is 5.32 Å². The number of anilines is 1. The second-order valence-electron chi connectivity index (χ2n) is 5.69. The summed E-state index contributed by atoms with van der Waals surface area (Å²) >= 11 is 1.38. The number of hydrogen-bond acceptors (Lipinski definition) is 6. The third-order valence-corrected chi connectivity index (χ3v) is 4.58. The number of carbonyl (C=O) groups excluding carboxylic acids is 2. The van der Waals surface area contributed by atoms with Gasteiger partial charge in [0, 0.05) is 16.6 Å². The first kappa shape index (κ1) is 19.2. The maximum Gasteiger partial charge on any atom is 0.338 e. The molecular weight excluding hydrogens is 381 g/mol. The fourth-order valence-corrected chi connectivity index (χ4v) is 3.10. The third-order valence-electron chi connectivity index (χ3n) is 3.64. The third kappa shape index (κ3) is 4.99. The van der Waals surface area contributed by atoms with Crippen molar-refractivity contribution in [2.24, 2.45) is 0 Å².